The van der Waals surface area contributed by atoms with Crippen LogP contribution in [-0.4, -0.2) is 44.1 Å². The number of nitrogens with zero attached hydrogens (tertiary/aromatic N) is 1. The second-order valence-electron chi connectivity index (χ2n) is 5.18. The van der Waals surface area contributed by atoms with Crippen LogP contribution in [0.3, 0.4) is 0 Å². The Bertz CT molecular complexity index is 625. The van der Waals surface area contributed by atoms with Gasteiger partial charge in [0.25, 0.3) is 0 Å². The molecule has 0 unspecified atom stereocenters. The number of urea groups is 1. The van der Waals surface area contributed by atoms with Gasteiger partial charge in [0.2, 0.25) is 0 Å². The van der Waals surface area contributed by atoms with Crippen LogP contribution in [0.4, 0.5) is 10.5 Å². The van der Waals surface area contributed by atoms with Crippen LogP contribution in [0.25, 0.3) is 10.9 Å². The molecular weight excluding hydrogens is 294 g/mol. The number of nitrogens with one attached hydrogen (secondary N) is 2. The van der Waals surface area contributed by atoms with Gasteiger partial charge in [0.05, 0.1) is 17.8 Å². The van der Waals surface area contributed by atoms with Gasteiger partial charge in [0.1, 0.15) is 0 Å². The largest absolute Gasteiger partial charge is 0.383 e. The lowest BCUT2D eigenvalue weighted by Gasteiger charge is -2.06. The van der Waals surface area contributed by atoms with Gasteiger partial charge >= 0.3 is 6.03 Å². The molecule has 0 bridgehead atoms. The van der Waals surface area contributed by atoms with Gasteiger partial charge in [0, 0.05) is 45.0 Å². The number of amides is 2. The molecule has 23 heavy (non-hydrogen) atoms. The number of hydrogen-bond donors (Lipinski definition) is 2. The average Bonchev–Trinajstić information content (AvgIpc) is 2.91. The van der Waals surface area contributed by atoms with Crippen LogP contribution >= 0.6 is 0 Å². The molecule has 0 aliphatic heterocycles. The third-order valence-electron chi connectivity index (χ3n) is 3.53. The number of methoxy groups -OCH3 is 1. The first kappa shape index (κ1) is 17.3. The Labute approximate surface area is 136 Å². The van der Waals surface area contributed by atoms with E-state index in [1.165, 1.54) is 0 Å². The fourth-order valence-corrected chi connectivity index (χ4v) is 2.41. The van der Waals surface area contributed by atoms with Gasteiger partial charge in [-0.15, -0.1) is 0 Å². The molecule has 1 aromatic carbocycles. The van der Waals surface area contributed by atoms with Gasteiger partial charge in [-0.25, -0.2) is 4.79 Å². The highest BCUT2D eigenvalue weighted by molar-refractivity contribution is 6.01. The van der Waals surface area contributed by atoms with Crippen LogP contribution in [0.5, 0.6) is 0 Å². The molecule has 0 atom stereocenters. The summed E-state index contributed by atoms with van der Waals surface area (Å²) in [6.45, 7) is 5.28. The van der Waals surface area contributed by atoms with Crippen LogP contribution in [0, 0.1) is 0 Å². The number of hydrogen-bond acceptors (Lipinski definition) is 3. The summed E-state index contributed by atoms with van der Waals surface area (Å²) in [6, 6.07) is 7.80. The number of benzene rings is 1. The van der Waals surface area contributed by atoms with Crippen molar-refractivity contribution in [3.8, 4) is 0 Å². The molecule has 0 saturated heterocycles. The predicted octanol–water partition coefficient (Wildman–Crippen LogP) is 2.84. The van der Waals surface area contributed by atoms with Crippen molar-refractivity contribution in [1.29, 1.82) is 0 Å². The monoisotopic (exact) mass is 319 g/mol. The molecular formula is C17H25N3O3. The fraction of sp³-hybridized carbons (Fsp3) is 0.471. The summed E-state index contributed by atoms with van der Waals surface area (Å²) in [4.78, 5) is 12.0. The number of aromatic nitrogens is 1. The molecule has 1 aromatic heterocycles. The van der Waals surface area contributed by atoms with Crippen LogP contribution in [-0.2, 0) is 16.0 Å². The van der Waals surface area contributed by atoms with Crippen molar-refractivity contribution in [2.45, 2.75) is 19.9 Å². The third kappa shape index (κ3) is 4.97. The SMILES string of the molecule is CCOCCCNC(=O)Nc1cn(CCOC)c2ccccc12. The van der Waals surface area contributed by atoms with E-state index in [2.05, 4.69) is 15.2 Å². The van der Waals surface area contributed by atoms with Crippen molar-refractivity contribution in [3.05, 3.63) is 30.5 Å². The van der Waals surface area contributed by atoms with Crippen molar-refractivity contribution in [3.63, 3.8) is 0 Å². The topological polar surface area (TPSA) is 64.5 Å². The van der Waals surface area contributed by atoms with Crippen LogP contribution < -0.4 is 10.6 Å². The molecule has 2 aromatic rings. The minimum absolute atomic E-state index is 0.198. The summed E-state index contributed by atoms with van der Waals surface area (Å²) >= 11 is 0. The second-order valence-corrected chi connectivity index (χ2v) is 5.18. The molecule has 6 heteroatoms. The van der Waals surface area contributed by atoms with Gasteiger partial charge in [-0.05, 0) is 19.4 Å². The molecule has 6 nitrogen and oxygen atoms in total. The van der Waals surface area contributed by atoms with E-state index in [-0.39, 0.29) is 6.03 Å². The highest BCUT2D eigenvalue weighted by Gasteiger charge is 2.10. The first-order valence-electron chi connectivity index (χ1n) is 7.95. The molecule has 0 aliphatic carbocycles. The van der Waals surface area contributed by atoms with E-state index in [9.17, 15) is 4.79 Å². The molecule has 0 spiro atoms. The van der Waals surface area contributed by atoms with Gasteiger partial charge in [-0.2, -0.15) is 0 Å². The van der Waals surface area contributed by atoms with Crippen LogP contribution in [0.15, 0.2) is 30.5 Å². The van der Waals surface area contributed by atoms with Crippen molar-refractivity contribution >= 4 is 22.6 Å². The Morgan fingerprint density at radius 3 is 2.87 bits per heavy atom. The van der Waals surface area contributed by atoms with E-state index in [4.69, 9.17) is 9.47 Å². The van der Waals surface area contributed by atoms with Gasteiger partial charge in [-0.1, -0.05) is 18.2 Å². The zero-order chi connectivity index (χ0) is 16.5. The van der Waals surface area contributed by atoms with Crippen molar-refractivity contribution in [2.24, 2.45) is 0 Å². The van der Waals surface area contributed by atoms with E-state index in [0.717, 1.165) is 29.6 Å². The molecule has 2 rings (SSSR count). The molecule has 0 aliphatic rings. The summed E-state index contributed by atoms with van der Waals surface area (Å²) in [6.07, 6.45) is 2.75. The maximum Gasteiger partial charge on any atom is 0.319 e. The molecule has 0 saturated carbocycles. The Kier molecular flexibility index (Phi) is 6.90. The predicted molar refractivity (Wildman–Crippen MR) is 91.9 cm³/mol. The minimum atomic E-state index is -0.198. The van der Waals surface area contributed by atoms with E-state index in [1.807, 2.05) is 37.4 Å². The lowest BCUT2D eigenvalue weighted by Crippen LogP contribution is -2.30. The molecule has 2 amide bonds. The summed E-state index contributed by atoms with van der Waals surface area (Å²) < 4.78 is 12.5. The Morgan fingerprint density at radius 1 is 1.26 bits per heavy atom. The lowest BCUT2D eigenvalue weighted by molar-refractivity contribution is 0.145. The number of carbonyl (C=O) groups is 1. The van der Waals surface area contributed by atoms with Crippen LogP contribution in [0.1, 0.15) is 13.3 Å². The zero-order valence-corrected chi connectivity index (χ0v) is 13.8. The maximum absolute atomic E-state index is 12.0. The number of fused-ring (bicyclic) bond motifs is 1. The van der Waals surface area contributed by atoms with Gasteiger partial charge in [0.15, 0.2) is 0 Å². The van der Waals surface area contributed by atoms with E-state index in [0.29, 0.717) is 26.4 Å². The highest BCUT2D eigenvalue weighted by atomic mass is 16.5. The Balaban J connectivity index is 1.97. The molecule has 0 fully saturated rings. The number of anilines is 1. The normalized spacial score (nSPS) is 10.9. The quantitative estimate of drug-likeness (QED) is 0.699. The second kappa shape index (κ2) is 9.17. The van der Waals surface area contributed by atoms with Crippen molar-refractivity contribution in [2.75, 3.05) is 38.8 Å². The Morgan fingerprint density at radius 2 is 2.09 bits per heavy atom. The summed E-state index contributed by atoms with van der Waals surface area (Å²) in [5.74, 6) is 0. The third-order valence-corrected chi connectivity index (χ3v) is 3.53. The molecule has 0 radical (unpaired) electrons. The summed E-state index contributed by atoms with van der Waals surface area (Å²) in [7, 11) is 1.68. The van der Waals surface area contributed by atoms with Crippen LogP contribution in [0.2, 0.25) is 0 Å². The lowest BCUT2D eigenvalue weighted by atomic mass is 10.2. The van der Waals surface area contributed by atoms with E-state index >= 15 is 0 Å². The zero-order valence-electron chi connectivity index (χ0n) is 13.8. The van der Waals surface area contributed by atoms with E-state index in [1.54, 1.807) is 7.11 Å². The fourth-order valence-electron chi connectivity index (χ4n) is 2.41. The summed E-state index contributed by atoms with van der Waals surface area (Å²) in [5.41, 5.74) is 1.88. The molecule has 126 valence electrons. The smallest absolute Gasteiger partial charge is 0.319 e. The summed E-state index contributed by atoms with van der Waals surface area (Å²) in [5, 5.41) is 6.78. The number of para-hydroxylation sites is 1. The highest BCUT2D eigenvalue weighted by Crippen LogP contribution is 2.25. The van der Waals surface area contributed by atoms with Gasteiger partial charge in [-0.3, -0.25) is 0 Å². The number of ether oxygens (including phenoxy) is 2. The first-order valence-corrected chi connectivity index (χ1v) is 7.95. The molecule has 1 heterocycles. The molecule has 2 N–H and O–H groups in total. The van der Waals surface area contributed by atoms with E-state index < -0.39 is 0 Å². The maximum atomic E-state index is 12.0. The van der Waals surface area contributed by atoms with Crippen molar-refractivity contribution < 1.29 is 14.3 Å². The minimum Gasteiger partial charge on any atom is -0.383 e. The first-order chi connectivity index (χ1) is 11.3. The number of rotatable bonds is 9. The average molecular weight is 319 g/mol. The standard InChI is InChI=1S/C17H25N3O3/c1-3-23-11-6-9-18-17(21)19-15-13-20(10-12-22-2)16-8-5-4-7-14(15)16/h4-5,7-8,13H,3,6,9-12H2,1-2H3,(H2,18,19,21). The van der Waals surface area contributed by atoms with Gasteiger partial charge < -0.3 is 24.7 Å². The van der Waals surface area contributed by atoms with Crippen molar-refractivity contribution in [1.82, 2.24) is 9.88 Å². The Hall–Kier alpha value is -2.05. The number of carbonyl (C=O) groups excluding carboxylic acids is 1.